The third-order valence-electron chi connectivity index (χ3n) is 3.24. The van der Waals surface area contributed by atoms with Crippen molar-refractivity contribution in [1.82, 2.24) is 0 Å². The smallest absolute Gasteiger partial charge is 0.304 e. The number of benzene rings is 1. The summed E-state index contributed by atoms with van der Waals surface area (Å²) in [6, 6.07) is 9.72. The van der Waals surface area contributed by atoms with Crippen LogP contribution in [0.3, 0.4) is 0 Å². The van der Waals surface area contributed by atoms with Crippen LogP contribution in [0, 0.1) is 0 Å². The van der Waals surface area contributed by atoms with Crippen molar-refractivity contribution in [2.24, 2.45) is 5.73 Å². The summed E-state index contributed by atoms with van der Waals surface area (Å²) in [7, 11) is 0. The molecule has 1 aliphatic carbocycles. The second-order valence-electron chi connectivity index (χ2n) is 4.23. The van der Waals surface area contributed by atoms with Gasteiger partial charge >= 0.3 is 5.97 Å². The van der Waals surface area contributed by atoms with Crippen molar-refractivity contribution in [2.75, 3.05) is 0 Å². The largest absolute Gasteiger partial charge is 0.481 e. The Kier molecular flexibility index (Phi) is 2.49. The molecule has 2 rings (SSSR count). The van der Waals surface area contributed by atoms with Gasteiger partial charge in [-0.25, -0.2) is 0 Å². The molecule has 1 aromatic carbocycles. The molecule has 15 heavy (non-hydrogen) atoms. The van der Waals surface area contributed by atoms with E-state index in [1.165, 1.54) is 5.56 Å². The molecule has 0 saturated heterocycles. The lowest BCUT2D eigenvalue weighted by atomic mass is 9.87. The van der Waals surface area contributed by atoms with Crippen LogP contribution in [0.4, 0.5) is 0 Å². The van der Waals surface area contributed by atoms with Crippen LogP contribution in [0.15, 0.2) is 30.3 Å². The fourth-order valence-electron chi connectivity index (χ4n) is 2.16. The van der Waals surface area contributed by atoms with Crippen LogP contribution in [0.5, 0.6) is 0 Å². The first kappa shape index (κ1) is 10.2. The van der Waals surface area contributed by atoms with Crippen LogP contribution < -0.4 is 5.73 Å². The highest BCUT2D eigenvalue weighted by Gasteiger charge is 2.49. The summed E-state index contributed by atoms with van der Waals surface area (Å²) in [5, 5.41) is 8.74. The van der Waals surface area contributed by atoms with Crippen LogP contribution >= 0.6 is 0 Å². The van der Waals surface area contributed by atoms with E-state index < -0.39 is 5.97 Å². The third kappa shape index (κ3) is 1.88. The van der Waals surface area contributed by atoms with Crippen LogP contribution in [-0.4, -0.2) is 17.1 Å². The minimum atomic E-state index is -0.815. The first-order valence-corrected chi connectivity index (χ1v) is 5.18. The maximum Gasteiger partial charge on any atom is 0.304 e. The molecule has 0 radical (unpaired) electrons. The van der Waals surface area contributed by atoms with Crippen molar-refractivity contribution >= 4 is 5.97 Å². The summed E-state index contributed by atoms with van der Waals surface area (Å²) in [6.07, 6.45) is 2.06. The zero-order valence-electron chi connectivity index (χ0n) is 8.52. The summed E-state index contributed by atoms with van der Waals surface area (Å²) >= 11 is 0. The lowest BCUT2D eigenvalue weighted by molar-refractivity contribution is -0.137. The third-order valence-corrected chi connectivity index (χ3v) is 3.24. The Morgan fingerprint density at radius 2 is 2.00 bits per heavy atom. The van der Waals surface area contributed by atoms with Crippen molar-refractivity contribution in [3.63, 3.8) is 0 Å². The number of rotatable bonds is 4. The predicted molar refractivity (Wildman–Crippen MR) is 57.6 cm³/mol. The number of hydrogen-bond donors (Lipinski definition) is 2. The normalized spacial score (nSPS) is 19.5. The highest BCUT2D eigenvalue weighted by molar-refractivity contribution is 5.68. The van der Waals surface area contributed by atoms with Gasteiger partial charge in [0.1, 0.15) is 0 Å². The number of nitrogens with two attached hydrogens (primary N) is 1. The van der Waals surface area contributed by atoms with E-state index in [4.69, 9.17) is 10.8 Å². The van der Waals surface area contributed by atoms with E-state index in [1.54, 1.807) is 0 Å². The second kappa shape index (κ2) is 3.66. The Labute approximate surface area is 88.9 Å². The van der Waals surface area contributed by atoms with Gasteiger partial charge in [0.25, 0.3) is 0 Å². The molecule has 80 valence electrons. The van der Waals surface area contributed by atoms with Crippen molar-refractivity contribution in [3.8, 4) is 0 Å². The molecule has 0 aromatic heterocycles. The molecule has 3 nitrogen and oxygen atoms in total. The SMILES string of the molecule is NC(CC(=O)O)C1(c2ccccc2)CC1. The van der Waals surface area contributed by atoms with Gasteiger partial charge in [-0.3, -0.25) is 4.79 Å². The minimum Gasteiger partial charge on any atom is -0.481 e. The molecule has 3 heteroatoms. The van der Waals surface area contributed by atoms with Gasteiger partial charge in [0.15, 0.2) is 0 Å². The highest BCUT2D eigenvalue weighted by Crippen LogP contribution is 2.50. The van der Waals surface area contributed by atoms with Gasteiger partial charge in [0, 0.05) is 11.5 Å². The summed E-state index contributed by atoms with van der Waals surface area (Å²) in [6.45, 7) is 0. The molecule has 0 bridgehead atoms. The zero-order chi connectivity index (χ0) is 10.9. The monoisotopic (exact) mass is 205 g/mol. The fraction of sp³-hybridized carbons (Fsp3) is 0.417. The molecule has 1 unspecified atom stereocenters. The number of carboxylic acids is 1. The summed E-state index contributed by atoms with van der Waals surface area (Å²) in [5.74, 6) is -0.815. The molecule has 1 aliphatic rings. The highest BCUT2D eigenvalue weighted by atomic mass is 16.4. The molecule has 3 N–H and O–H groups in total. The Morgan fingerprint density at radius 3 is 2.47 bits per heavy atom. The molecule has 0 aliphatic heterocycles. The Bertz CT molecular complexity index is 357. The van der Waals surface area contributed by atoms with Gasteiger partial charge in [-0.2, -0.15) is 0 Å². The molecule has 1 aromatic rings. The Hall–Kier alpha value is -1.35. The molecule has 1 saturated carbocycles. The van der Waals surface area contributed by atoms with E-state index in [0.717, 1.165) is 12.8 Å². The van der Waals surface area contributed by atoms with Gasteiger partial charge in [-0.15, -0.1) is 0 Å². The maximum absolute atomic E-state index is 10.6. The topological polar surface area (TPSA) is 63.3 Å². The first-order chi connectivity index (χ1) is 7.15. The standard InChI is InChI=1S/C12H15NO2/c13-10(8-11(14)15)12(6-7-12)9-4-2-1-3-5-9/h1-5,10H,6-8,13H2,(H,14,15). The lowest BCUT2D eigenvalue weighted by Crippen LogP contribution is -2.36. The van der Waals surface area contributed by atoms with Gasteiger partial charge in [0.2, 0.25) is 0 Å². The average molecular weight is 205 g/mol. The van der Waals surface area contributed by atoms with E-state index in [0.29, 0.717) is 0 Å². The molecular formula is C12H15NO2. The number of carboxylic acid groups (broad SMARTS) is 1. The van der Waals surface area contributed by atoms with E-state index in [9.17, 15) is 4.79 Å². The van der Waals surface area contributed by atoms with Gasteiger partial charge in [-0.05, 0) is 18.4 Å². The van der Waals surface area contributed by atoms with Crippen LogP contribution in [0.2, 0.25) is 0 Å². The van der Waals surface area contributed by atoms with Crippen molar-refractivity contribution in [2.45, 2.75) is 30.7 Å². The van der Waals surface area contributed by atoms with Gasteiger partial charge in [0.05, 0.1) is 6.42 Å². The number of carbonyl (C=O) groups is 1. The van der Waals surface area contributed by atoms with Gasteiger partial charge in [-0.1, -0.05) is 30.3 Å². The summed E-state index contributed by atoms with van der Waals surface area (Å²) in [5.41, 5.74) is 7.08. The van der Waals surface area contributed by atoms with Crippen molar-refractivity contribution in [3.05, 3.63) is 35.9 Å². The molecule has 0 heterocycles. The van der Waals surface area contributed by atoms with E-state index in [-0.39, 0.29) is 17.9 Å². The van der Waals surface area contributed by atoms with Crippen LogP contribution in [-0.2, 0) is 10.2 Å². The van der Waals surface area contributed by atoms with Crippen LogP contribution in [0.25, 0.3) is 0 Å². The predicted octanol–water partition coefficient (Wildman–Crippen LogP) is 1.52. The molecule has 0 amide bonds. The Morgan fingerprint density at radius 1 is 1.40 bits per heavy atom. The maximum atomic E-state index is 10.6. The second-order valence-corrected chi connectivity index (χ2v) is 4.23. The zero-order valence-corrected chi connectivity index (χ0v) is 8.52. The van der Waals surface area contributed by atoms with Gasteiger partial charge < -0.3 is 10.8 Å². The average Bonchev–Trinajstić information content (AvgIpc) is 2.99. The molecular weight excluding hydrogens is 190 g/mol. The molecule has 0 spiro atoms. The van der Waals surface area contributed by atoms with Crippen LogP contribution in [0.1, 0.15) is 24.8 Å². The quantitative estimate of drug-likeness (QED) is 0.783. The minimum absolute atomic E-state index is 0.0505. The van der Waals surface area contributed by atoms with Crippen molar-refractivity contribution < 1.29 is 9.90 Å². The number of hydrogen-bond acceptors (Lipinski definition) is 2. The van der Waals surface area contributed by atoms with E-state index in [1.807, 2.05) is 30.3 Å². The van der Waals surface area contributed by atoms with Crippen molar-refractivity contribution in [1.29, 1.82) is 0 Å². The fourth-order valence-corrected chi connectivity index (χ4v) is 2.16. The summed E-state index contributed by atoms with van der Waals surface area (Å²) < 4.78 is 0. The molecule has 1 atom stereocenters. The summed E-state index contributed by atoms with van der Waals surface area (Å²) in [4.78, 5) is 10.6. The number of aliphatic carboxylic acids is 1. The van der Waals surface area contributed by atoms with E-state index in [2.05, 4.69) is 0 Å². The molecule has 1 fully saturated rings. The lowest BCUT2D eigenvalue weighted by Gasteiger charge is -2.22. The first-order valence-electron chi connectivity index (χ1n) is 5.18. The Balaban J connectivity index is 2.17. The van der Waals surface area contributed by atoms with E-state index >= 15 is 0 Å².